The Bertz CT molecular complexity index is 1160. The number of hydrogen-bond acceptors (Lipinski definition) is 4. The van der Waals surface area contributed by atoms with E-state index in [2.05, 4.69) is 9.47 Å². The summed E-state index contributed by atoms with van der Waals surface area (Å²) in [6, 6.07) is 14.2. The molecule has 0 spiro atoms. The lowest BCUT2D eigenvalue weighted by molar-refractivity contribution is 0.101. The Balaban J connectivity index is 1.24. The molecule has 1 aliphatic carbocycles. The van der Waals surface area contributed by atoms with Crippen molar-refractivity contribution in [2.24, 2.45) is 5.92 Å². The van der Waals surface area contributed by atoms with E-state index in [4.69, 9.17) is 21.1 Å². The SMILES string of the molecule is COc1cccc2c(C(C)=O)cn(CCCN3CCC[C@H]4CC(Oc5ccc(Cl)cc5)CC43)c12. The van der Waals surface area contributed by atoms with Gasteiger partial charge in [0.05, 0.1) is 12.6 Å². The van der Waals surface area contributed by atoms with Gasteiger partial charge in [-0.25, -0.2) is 0 Å². The number of nitrogens with zero attached hydrogens (tertiary/aromatic N) is 2. The second-order valence-corrected chi connectivity index (χ2v) is 10.1. The van der Waals surface area contributed by atoms with Crippen molar-refractivity contribution in [2.75, 3.05) is 20.2 Å². The zero-order valence-electron chi connectivity index (χ0n) is 20.0. The number of piperidine rings is 1. The van der Waals surface area contributed by atoms with Gasteiger partial charge in [-0.3, -0.25) is 9.69 Å². The van der Waals surface area contributed by atoms with Crippen molar-refractivity contribution in [1.82, 2.24) is 9.47 Å². The van der Waals surface area contributed by atoms with E-state index < -0.39 is 0 Å². The number of para-hydroxylation sites is 1. The van der Waals surface area contributed by atoms with Crippen molar-refractivity contribution in [3.63, 3.8) is 0 Å². The summed E-state index contributed by atoms with van der Waals surface area (Å²) in [6.45, 7) is 4.71. The van der Waals surface area contributed by atoms with Gasteiger partial charge in [0, 0.05) is 47.7 Å². The molecule has 2 aliphatic rings. The van der Waals surface area contributed by atoms with Gasteiger partial charge in [-0.05, 0) is 75.4 Å². The summed E-state index contributed by atoms with van der Waals surface area (Å²) in [6.07, 6.45) is 8.07. The Kier molecular flexibility index (Phi) is 6.84. The average molecular weight is 481 g/mol. The highest BCUT2D eigenvalue weighted by Gasteiger charge is 2.40. The molecule has 3 aromatic rings. The first-order valence-corrected chi connectivity index (χ1v) is 12.7. The maximum absolute atomic E-state index is 12.2. The fraction of sp³-hybridized carbons (Fsp3) is 0.464. The van der Waals surface area contributed by atoms with E-state index in [1.165, 1.54) is 12.8 Å². The molecule has 5 rings (SSSR count). The van der Waals surface area contributed by atoms with Crippen LogP contribution in [-0.2, 0) is 6.54 Å². The number of likely N-dealkylation sites (tertiary alicyclic amines) is 1. The van der Waals surface area contributed by atoms with Crippen molar-refractivity contribution >= 4 is 28.3 Å². The lowest BCUT2D eigenvalue weighted by Gasteiger charge is -2.37. The topological polar surface area (TPSA) is 43.7 Å². The molecule has 1 aromatic heterocycles. The normalized spacial score (nSPS) is 22.6. The minimum absolute atomic E-state index is 0.0913. The molecular weight excluding hydrogens is 448 g/mol. The van der Waals surface area contributed by atoms with Gasteiger partial charge in [-0.15, -0.1) is 0 Å². The molecule has 1 aliphatic heterocycles. The van der Waals surface area contributed by atoms with E-state index in [0.717, 1.165) is 71.9 Å². The molecule has 34 heavy (non-hydrogen) atoms. The van der Waals surface area contributed by atoms with Gasteiger partial charge in [-0.2, -0.15) is 0 Å². The third-order valence-electron chi connectivity index (χ3n) is 7.52. The van der Waals surface area contributed by atoms with E-state index in [1.54, 1.807) is 14.0 Å². The number of benzene rings is 2. The van der Waals surface area contributed by atoms with Crippen LogP contribution in [0.15, 0.2) is 48.7 Å². The number of methoxy groups -OCH3 is 1. The second-order valence-electron chi connectivity index (χ2n) is 9.67. The highest BCUT2D eigenvalue weighted by molar-refractivity contribution is 6.30. The number of carbonyl (C=O) groups excluding carboxylic acids is 1. The molecule has 0 bridgehead atoms. The van der Waals surface area contributed by atoms with E-state index in [0.29, 0.717) is 12.0 Å². The average Bonchev–Trinajstić information content (AvgIpc) is 3.42. The molecule has 2 heterocycles. The van der Waals surface area contributed by atoms with E-state index in [-0.39, 0.29) is 11.9 Å². The largest absolute Gasteiger partial charge is 0.495 e. The van der Waals surface area contributed by atoms with Crippen molar-refractivity contribution in [3.05, 3.63) is 59.2 Å². The van der Waals surface area contributed by atoms with Gasteiger partial charge in [0.1, 0.15) is 17.6 Å². The third-order valence-corrected chi connectivity index (χ3v) is 7.78. The first-order valence-electron chi connectivity index (χ1n) is 12.4. The summed E-state index contributed by atoms with van der Waals surface area (Å²) in [5, 5.41) is 1.71. The van der Waals surface area contributed by atoms with E-state index >= 15 is 0 Å². The number of ether oxygens (including phenoxy) is 2. The summed E-state index contributed by atoms with van der Waals surface area (Å²) in [4.78, 5) is 14.9. The van der Waals surface area contributed by atoms with Crippen LogP contribution in [0.5, 0.6) is 11.5 Å². The van der Waals surface area contributed by atoms with Crippen LogP contribution in [-0.4, -0.2) is 47.6 Å². The number of carbonyl (C=O) groups is 1. The first kappa shape index (κ1) is 23.3. The van der Waals surface area contributed by atoms with Crippen LogP contribution in [0.3, 0.4) is 0 Å². The fourth-order valence-corrected chi connectivity index (χ4v) is 6.13. The summed E-state index contributed by atoms with van der Waals surface area (Å²) >= 11 is 6.02. The van der Waals surface area contributed by atoms with Gasteiger partial charge >= 0.3 is 0 Å². The molecule has 2 aromatic carbocycles. The van der Waals surface area contributed by atoms with Crippen LogP contribution in [0, 0.1) is 5.92 Å². The predicted octanol–water partition coefficient (Wildman–Crippen LogP) is 6.22. The highest BCUT2D eigenvalue weighted by Crippen LogP contribution is 2.39. The maximum Gasteiger partial charge on any atom is 0.161 e. The summed E-state index contributed by atoms with van der Waals surface area (Å²) in [5.41, 5.74) is 1.79. The Morgan fingerprint density at radius 1 is 1.12 bits per heavy atom. The van der Waals surface area contributed by atoms with Gasteiger partial charge in [0.25, 0.3) is 0 Å². The fourth-order valence-electron chi connectivity index (χ4n) is 6.00. The zero-order valence-corrected chi connectivity index (χ0v) is 20.8. The lowest BCUT2D eigenvalue weighted by atomic mass is 9.92. The van der Waals surface area contributed by atoms with Crippen molar-refractivity contribution in [1.29, 1.82) is 0 Å². The van der Waals surface area contributed by atoms with Crippen LogP contribution in [0.2, 0.25) is 5.02 Å². The van der Waals surface area contributed by atoms with Crippen molar-refractivity contribution < 1.29 is 14.3 Å². The lowest BCUT2D eigenvalue weighted by Crippen LogP contribution is -2.43. The quantitative estimate of drug-likeness (QED) is 0.359. The van der Waals surface area contributed by atoms with Gasteiger partial charge < -0.3 is 14.0 Å². The summed E-state index contributed by atoms with van der Waals surface area (Å²) < 4.78 is 14.1. The Hall–Kier alpha value is -2.50. The number of hydrogen-bond donors (Lipinski definition) is 0. The molecule has 0 N–H and O–H groups in total. The molecule has 0 radical (unpaired) electrons. The Labute approximate surface area is 206 Å². The number of ketones is 1. The van der Waals surface area contributed by atoms with E-state index in [1.807, 2.05) is 48.7 Å². The molecular formula is C28H33ClN2O3. The van der Waals surface area contributed by atoms with Gasteiger partial charge in [-0.1, -0.05) is 23.7 Å². The predicted molar refractivity (Wildman–Crippen MR) is 136 cm³/mol. The molecule has 3 atom stereocenters. The molecule has 0 amide bonds. The van der Waals surface area contributed by atoms with Crippen LogP contribution >= 0.6 is 11.6 Å². The van der Waals surface area contributed by atoms with Crippen LogP contribution in [0.25, 0.3) is 10.9 Å². The number of rotatable bonds is 8. The number of fused-ring (bicyclic) bond motifs is 2. The first-order chi connectivity index (χ1) is 16.5. The standard InChI is InChI=1S/C28H33ClN2O3/c1-19(32)25-18-31(28-24(25)7-3-8-27(28)33-2)15-5-14-30-13-4-6-20-16-23(17-26(20)30)34-22-11-9-21(29)10-12-22/h3,7-12,18,20,23,26H,4-6,13-17H2,1-2H3/t20-,23?,26?/m0/s1. The number of halogens is 1. The molecule has 1 saturated carbocycles. The van der Waals surface area contributed by atoms with E-state index in [9.17, 15) is 4.79 Å². The maximum atomic E-state index is 12.2. The van der Waals surface area contributed by atoms with Crippen molar-refractivity contribution in [3.8, 4) is 11.5 Å². The van der Waals surface area contributed by atoms with Crippen LogP contribution < -0.4 is 9.47 Å². The Morgan fingerprint density at radius 3 is 2.71 bits per heavy atom. The summed E-state index contributed by atoms with van der Waals surface area (Å²) in [7, 11) is 1.69. The summed E-state index contributed by atoms with van der Waals surface area (Å²) in [5.74, 6) is 2.53. The molecule has 5 nitrogen and oxygen atoms in total. The van der Waals surface area contributed by atoms with Crippen LogP contribution in [0.1, 0.15) is 49.4 Å². The van der Waals surface area contributed by atoms with Gasteiger partial charge in [0.15, 0.2) is 5.78 Å². The number of aromatic nitrogens is 1. The molecule has 1 saturated heterocycles. The molecule has 2 unspecified atom stereocenters. The van der Waals surface area contributed by atoms with Crippen molar-refractivity contribution in [2.45, 2.75) is 57.7 Å². The third kappa shape index (κ3) is 4.69. The monoisotopic (exact) mass is 480 g/mol. The number of Topliss-reactive ketones (excluding diaryl/α,β-unsaturated/α-hetero) is 1. The number of aryl methyl sites for hydroxylation is 1. The minimum atomic E-state index is 0.0913. The van der Waals surface area contributed by atoms with Gasteiger partial charge in [0.2, 0.25) is 0 Å². The van der Waals surface area contributed by atoms with Crippen LogP contribution in [0.4, 0.5) is 0 Å². The molecule has 180 valence electrons. The zero-order chi connectivity index (χ0) is 23.7. The molecule has 6 heteroatoms. The minimum Gasteiger partial charge on any atom is -0.495 e. The Morgan fingerprint density at radius 2 is 1.94 bits per heavy atom. The second kappa shape index (κ2) is 10.0. The smallest absolute Gasteiger partial charge is 0.161 e. The highest BCUT2D eigenvalue weighted by atomic mass is 35.5. The molecule has 2 fully saturated rings.